The van der Waals surface area contributed by atoms with E-state index in [4.69, 9.17) is 5.11 Å². The molecule has 0 saturated heterocycles. The van der Waals surface area contributed by atoms with E-state index in [2.05, 4.69) is 10.4 Å². The van der Waals surface area contributed by atoms with Crippen LogP contribution in [0.5, 0.6) is 0 Å². The van der Waals surface area contributed by atoms with Crippen molar-refractivity contribution in [3.63, 3.8) is 0 Å². The molecule has 4 nitrogen and oxygen atoms in total. The van der Waals surface area contributed by atoms with Crippen molar-refractivity contribution in [1.82, 2.24) is 15.1 Å². The van der Waals surface area contributed by atoms with Crippen molar-refractivity contribution >= 4 is 0 Å². The highest BCUT2D eigenvalue weighted by atomic mass is 19.1. The summed E-state index contributed by atoms with van der Waals surface area (Å²) in [6.07, 6.45) is 0.906. The summed E-state index contributed by atoms with van der Waals surface area (Å²) in [6.45, 7) is 2.27. The molecule has 0 saturated carbocycles. The first kappa shape index (κ1) is 12.3. The van der Waals surface area contributed by atoms with E-state index in [-0.39, 0.29) is 12.4 Å². The molecule has 2 heterocycles. The van der Waals surface area contributed by atoms with Gasteiger partial charge >= 0.3 is 0 Å². The third-order valence-corrected chi connectivity index (χ3v) is 3.44. The third kappa shape index (κ3) is 2.27. The van der Waals surface area contributed by atoms with Crippen LogP contribution < -0.4 is 5.32 Å². The second-order valence-electron chi connectivity index (χ2n) is 4.65. The van der Waals surface area contributed by atoms with Crippen molar-refractivity contribution in [3.8, 4) is 11.3 Å². The molecule has 0 unspecified atom stereocenters. The van der Waals surface area contributed by atoms with Crippen LogP contribution in [-0.4, -0.2) is 28.0 Å². The van der Waals surface area contributed by atoms with E-state index >= 15 is 0 Å². The average molecular weight is 261 g/mol. The summed E-state index contributed by atoms with van der Waals surface area (Å²) in [5.74, 6) is -0.245. The summed E-state index contributed by atoms with van der Waals surface area (Å²) in [6, 6.07) is 6.39. The number of fused-ring (bicyclic) bond motifs is 1. The number of benzene rings is 1. The summed E-state index contributed by atoms with van der Waals surface area (Å²) in [4.78, 5) is 0. The molecule has 2 N–H and O–H groups in total. The van der Waals surface area contributed by atoms with E-state index < -0.39 is 0 Å². The Hall–Kier alpha value is -1.72. The van der Waals surface area contributed by atoms with Crippen molar-refractivity contribution in [3.05, 3.63) is 41.3 Å². The second kappa shape index (κ2) is 5.11. The first-order chi connectivity index (χ1) is 9.29. The Morgan fingerprint density at radius 2 is 2.11 bits per heavy atom. The van der Waals surface area contributed by atoms with Crippen LogP contribution in [0, 0.1) is 5.82 Å². The lowest BCUT2D eigenvalue weighted by Crippen LogP contribution is -2.25. The van der Waals surface area contributed by atoms with Crippen LogP contribution in [0.3, 0.4) is 0 Å². The number of hydrogen-bond acceptors (Lipinski definition) is 3. The molecule has 0 bridgehead atoms. The highest BCUT2D eigenvalue weighted by Gasteiger charge is 2.21. The van der Waals surface area contributed by atoms with Gasteiger partial charge in [-0.25, -0.2) is 4.39 Å². The largest absolute Gasteiger partial charge is 0.394 e. The monoisotopic (exact) mass is 261 g/mol. The summed E-state index contributed by atoms with van der Waals surface area (Å²) < 4.78 is 14.9. The molecule has 0 radical (unpaired) electrons. The zero-order chi connectivity index (χ0) is 13.2. The predicted octanol–water partition coefficient (Wildman–Crippen LogP) is 1.33. The van der Waals surface area contributed by atoms with E-state index in [0.29, 0.717) is 6.54 Å². The highest BCUT2D eigenvalue weighted by molar-refractivity contribution is 5.64. The molecule has 0 spiro atoms. The van der Waals surface area contributed by atoms with E-state index in [9.17, 15) is 4.39 Å². The van der Waals surface area contributed by atoms with Crippen LogP contribution >= 0.6 is 0 Å². The van der Waals surface area contributed by atoms with E-state index in [1.165, 1.54) is 17.8 Å². The van der Waals surface area contributed by atoms with Gasteiger partial charge in [0.1, 0.15) is 5.82 Å². The number of halogens is 1. The molecule has 1 aromatic heterocycles. The summed E-state index contributed by atoms with van der Waals surface area (Å²) in [5, 5.41) is 17.0. The van der Waals surface area contributed by atoms with Crippen molar-refractivity contribution in [1.29, 1.82) is 0 Å². The van der Waals surface area contributed by atoms with Crippen LogP contribution in [-0.2, 0) is 19.5 Å². The number of aliphatic hydroxyl groups is 1. The molecule has 100 valence electrons. The molecule has 1 aromatic carbocycles. The normalized spacial score (nSPS) is 14.4. The molecule has 19 heavy (non-hydrogen) atoms. The molecule has 0 fully saturated rings. The van der Waals surface area contributed by atoms with Crippen LogP contribution in [0.4, 0.5) is 4.39 Å². The van der Waals surface area contributed by atoms with Gasteiger partial charge in [-0.05, 0) is 24.3 Å². The Bertz CT molecular complexity index is 577. The molecule has 0 aliphatic carbocycles. The average Bonchev–Trinajstić information content (AvgIpc) is 2.80. The highest BCUT2D eigenvalue weighted by Crippen LogP contribution is 2.27. The van der Waals surface area contributed by atoms with E-state index in [1.807, 2.05) is 4.68 Å². The lowest BCUT2D eigenvalue weighted by atomic mass is 10.0. The smallest absolute Gasteiger partial charge is 0.123 e. The van der Waals surface area contributed by atoms with Gasteiger partial charge in [-0.15, -0.1) is 0 Å². The summed E-state index contributed by atoms with van der Waals surface area (Å²) in [7, 11) is 0. The number of aromatic nitrogens is 2. The van der Waals surface area contributed by atoms with Gasteiger partial charge in [0, 0.05) is 36.3 Å². The Balaban J connectivity index is 2.07. The zero-order valence-electron chi connectivity index (χ0n) is 10.6. The quantitative estimate of drug-likeness (QED) is 0.876. The summed E-state index contributed by atoms with van der Waals surface area (Å²) in [5.41, 5.74) is 4.13. The number of hydrogen-bond donors (Lipinski definition) is 2. The van der Waals surface area contributed by atoms with Crippen molar-refractivity contribution in [2.45, 2.75) is 19.5 Å². The summed E-state index contributed by atoms with van der Waals surface area (Å²) >= 11 is 0. The number of aliphatic hydroxyl groups excluding tert-OH is 1. The zero-order valence-corrected chi connectivity index (χ0v) is 10.6. The van der Waals surface area contributed by atoms with E-state index in [0.717, 1.165) is 36.3 Å². The maximum atomic E-state index is 13.0. The maximum absolute atomic E-state index is 13.0. The minimum Gasteiger partial charge on any atom is -0.394 e. The van der Waals surface area contributed by atoms with Crippen LogP contribution in [0.2, 0.25) is 0 Å². The molecule has 0 atom stereocenters. The first-order valence-electron chi connectivity index (χ1n) is 6.45. The van der Waals surface area contributed by atoms with Crippen molar-refractivity contribution in [2.24, 2.45) is 0 Å². The van der Waals surface area contributed by atoms with Crippen LogP contribution in [0.15, 0.2) is 24.3 Å². The van der Waals surface area contributed by atoms with Gasteiger partial charge in [0.2, 0.25) is 0 Å². The SMILES string of the molecule is OCCn1nc(-c2ccc(F)cc2)c2c1CCNC2. The van der Waals surface area contributed by atoms with Crippen LogP contribution in [0.1, 0.15) is 11.3 Å². The van der Waals surface area contributed by atoms with Gasteiger partial charge in [-0.1, -0.05) is 0 Å². The lowest BCUT2D eigenvalue weighted by molar-refractivity contribution is 0.267. The fourth-order valence-corrected chi connectivity index (χ4v) is 2.54. The number of nitrogens with zero attached hydrogens (tertiary/aromatic N) is 2. The van der Waals surface area contributed by atoms with Crippen molar-refractivity contribution in [2.75, 3.05) is 13.2 Å². The van der Waals surface area contributed by atoms with Crippen LogP contribution in [0.25, 0.3) is 11.3 Å². The second-order valence-corrected chi connectivity index (χ2v) is 4.65. The Labute approximate surface area is 110 Å². The van der Waals surface area contributed by atoms with Gasteiger partial charge in [-0.2, -0.15) is 5.10 Å². The number of rotatable bonds is 3. The maximum Gasteiger partial charge on any atom is 0.123 e. The minimum atomic E-state index is -0.245. The molecular formula is C14H16FN3O. The molecular weight excluding hydrogens is 245 g/mol. The van der Waals surface area contributed by atoms with Gasteiger partial charge in [0.25, 0.3) is 0 Å². The topological polar surface area (TPSA) is 50.1 Å². The first-order valence-corrected chi connectivity index (χ1v) is 6.45. The van der Waals surface area contributed by atoms with Gasteiger partial charge < -0.3 is 10.4 Å². The Morgan fingerprint density at radius 3 is 2.84 bits per heavy atom. The Kier molecular flexibility index (Phi) is 3.31. The Morgan fingerprint density at radius 1 is 1.32 bits per heavy atom. The van der Waals surface area contributed by atoms with Gasteiger partial charge in [-0.3, -0.25) is 4.68 Å². The fourth-order valence-electron chi connectivity index (χ4n) is 2.54. The fraction of sp³-hybridized carbons (Fsp3) is 0.357. The van der Waals surface area contributed by atoms with Gasteiger partial charge in [0.15, 0.2) is 0 Å². The molecule has 2 aromatic rings. The lowest BCUT2D eigenvalue weighted by Gasteiger charge is -2.15. The minimum absolute atomic E-state index is 0.0738. The molecule has 0 amide bonds. The molecule has 3 rings (SSSR count). The molecule has 1 aliphatic rings. The van der Waals surface area contributed by atoms with E-state index in [1.54, 1.807) is 12.1 Å². The molecule has 1 aliphatic heterocycles. The number of nitrogens with one attached hydrogen (secondary N) is 1. The van der Waals surface area contributed by atoms with Crippen molar-refractivity contribution < 1.29 is 9.50 Å². The molecule has 5 heteroatoms. The standard InChI is InChI=1S/C14H16FN3O/c15-11-3-1-10(2-4-11)14-12-9-16-6-5-13(12)18(17-14)7-8-19/h1-4,16,19H,5-9H2. The predicted molar refractivity (Wildman–Crippen MR) is 70.1 cm³/mol. The van der Waals surface area contributed by atoms with Gasteiger partial charge in [0.05, 0.1) is 18.8 Å². The third-order valence-electron chi connectivity index (χ3n) is 3.44.